The minimum Gasteiger partial charge on any atom is -0.445 e. The van der Waals surface area contributed by atoms with E-state index in [1.807, 2.05) is 0 Å². The van der Waals surface area contributed by atoms with E-state index in [0.29, 0.717) is 22.8 Å². The third-order valence-corrected chi connectivity index (χ3v) is 6.03. The highest BCUT2D eigenvalue weighted by atomic mass is 16.3. The molecule has 1 saturated heterocycles. The summed E-state index contributed by atoms with van der Waals surface area (Å²) in [6.07, 6.45) is 9.03. The monoisotopic (exact) mass is 385 g/mol. The molecule has 150 valence electrons. The number of primary amides is 1. The van der Waals surface area contributed by atoms with E-state index in [2.05, 4.69) is 20.2 Å². The highest BCUT2D eigenvalue weighted by Crippen LogP contribution is 2.30. The zero-order valence-electron chi connectivity index (χ0n) is 16.0. The topological polar surface area (TPSA) is 114 Å². The lowest BCUT2D eigenvalue weighted by molar-refractivity contribution is -0.124. The largest absolute Gasteiger partial charge is 0.445 e. The molecule has 3 heterocycles. The second-order valence-electron chi connectivity index (χ2n) is 7.88. The number of fused-ring (bicyclic) bond motifs is 1. The van der Waals surface area contributed by atoms with Crippen LogP contribution in [0.25, 0.3) is 11.1 Å². The Morgan fingerprint density at radius 3 is 2.64 bits per heavy atom. The lowest BCUT2D eigenvalue weighted by Gasteiger charge is -2.32. The molecule has 2 amide bonds. The first kappa shape index (κ1) is 18.7. The van der Waals surface area contributed by atoms with E-state index in [1.54, 1.807) is 6.07 Å². The second kappa shape index (κ2) is 8.16. The molecule has 1 aliphatic heterocycles. The van der Waals surface area contributed by atoms with Gasteiger partial charge in [0.15, 0.2) is 17.2 Å². The number of piperidine rings is 1. The van der Waals surface area contributed by atoms with Crippen LogP contribution in [0.15, 0.2) is 16.8 Å². The van der Waals surface area contributed by atoms with Gasteiger partial charge in [-0.15, -0.1) is 0 Å². The summed E-state index contributed by atoms with van der Waals surface area (Å²) in [4.78, 5) is 34.2. The molecule has 8 heteroatoms. The molecule has 0 bridgehead atoms. The number of hydrogen-bond acceptors (Lipinski definition) is 6. The van der Waals surface area contributed by atoms with Crippen LogP contribution in [0.5, 0.6) is 0 Å². The van der Waals surface area contributed by atoms with Gasteiger partial charge in [0.25, 0.3) is 5.91 Å². The quantitative estimate of drug-likeness (QED) is 0.788. The van der Waals surface area contributed by atoms with E-state index in [0.717, 1.165) is 51.7 Å². The Hall–Kier alpha value is -2.64. The molecule has 1 saturated carbocycles. The van der Waals surface area contributed by atoms with Crippen molar-refractivity contribution in [3.8, 4) is 0 Å². The predicted molar refractivity (Wildman–Crippen MR) is 105 cm³/mol. The summed E-state index contributed by atoms with van der Waals surface area (Å²) in [5.74, 6) is 1.27. The first-order valence-corrected chi connectivity index (χ1v) is 10.2. The van der Waals surface area contributed by atoms with Crippen LogP contribution in [0.4, 0.5) is 5.82 Å². The molecule has 2 aromatic rings. The maximum atomic E-state index is 12.1. The minimum atomic E-state index is -0.609. The third-order valence-electron chi connectivity index (χ3n) is 6.03. The third kappa shape index (κ3) is 3.95. The summed E-state index contributed by atoms with van der Waals surface area (Å²) in [6, 6.07) is 1.56. The first-order chi connectivity index (χ1) is 13.6. The van der Waals surface area contributed by atoms with Crippen molar-refractivity contribution in [3.05, 3.63) is 18.2 Å². The Bertz CT molecular complexity index is 851. The molecule has 0 unspecified atom stereocenters. The van der Waals surface area contributed by atoms with Crippen molar-refractivity contribution < 1.29 is 14.0 Å². The smallest absolute Gasteiger partial charge is 0.284 e. The van der Waals surface area contributed by atoms with Crippen LogP contribution in [0.3, 0.4) is 0 Å². The van der Waals surface area contributed by atoms with Gasteiger partial charge in [0, 0.05) is 31.6 Å². The Morgan fingerprint density at radius 1 is 1.18 bits per heavy atom. The van der Waals surface area contributed by atoms with Gasteiger partial charge < -0.3 is 20.4 Å². The number of nitrogens with two attached hydrogens (primary N) is 1. The van der Waals surface area contributed by atoms with E-state index in [1.165, 1.54) is 19.2 Å². The molecule has 8 nitrogen and oxygen atoms in total. The van der Waals surface area contributed by atoms with E-state index in [-0.39, 0.29) is 17.6 Å². The van der Waals surface area contributed by atoms with Crippen LogP contribution in [-0.2, 0) is 4.79 Å². The fourth-order valence-electron chi connectivity index (χ4n) is 4.35. The Morgan fingerprint density at radius 2 is 1.93 bits per heavy atom. The highest BCUT2D eigenvalue weighted by molar-refractivity contribution is 5.96. The Labute approximate surface area is 163 Å². The lowest BCUT2D eigenvalue weighted by Crippen LogP contribution is -2.36. The van der Waals surface area contributed by atoms with Gasteiger partial charge in [-0.2, -0.15) is 0 Å². The SMILES string of the molecule is NC(=O)c1cc2ncnc(N3CCC(CCNC(=O)C4CCCC4)CC3)c2o1. The van der Waals surface area contributed by atoms with Crippen molar-refractivity contribution in [3.63, 3.8) is 0 Å². The molecule has 1 aliphatic carbocycles. The molecule has 0 spiro atoms. The number of rotatable bonds is 6. The standard InChI is InChI=1S/C20H27N5O3/c21-18(26)16-11-15-17(28-16)19(24-12-23-15)25-9-6-13(7-10-25)5-8-22-20(27)14-3-1-2-4-14/h11-14H,1-10H2,(H2,21,26)(H,22,27). The molecular formula is C20H27N5O3. The van der Waals surface area contributed by atoms with Gasteiger partial charge in [-0.05, 0) is 38.0 Å². The van der Waals surface area contributed by atoms with Gasteiger partial charge in [0.2, 0.25) is 5.91 Å². The maximum absolute atomic E-state index is 12.1. The van der Waals surface area contributed by atoms with E-state index < -0.39 is 5.91 Å². The van der Waals surface area contributed by atoms with Crippen LogP contribution in [-0.4, -0.2) is 41.4 Å². The van der Waals surface area contributed by atoms with Crippen LogP contribution >= 0.6 is 0 Å². The molecule has 28 heavy (non-hydrogen) atoms. The molecule has 2 aliphatic rings. The fourth-order valence-corrected chi connectivity index (χ4v) is 4.35. The summed E-state index contributed by atoms with van der Waals surface area (Å²) in [6.45, 7) is 2.48. The lowest BCUT2D eigenvalue weighted by atomic mass is 9.93. The second-order valence-corrected chi connectivity index (χ2v) is 7.88. The van der Waals surface area contributed by atoms with Crippen LogP contribution in [0.2, 0.25) is 0 Å². The summed E-state index contributed by atoms with van der Waals surface area (Å²) in [5, 5.41) is 3.12. The molecule has 2 aromatic heterocycles. The molecule has 0 radical (unpaired) electrons. The number of nitrogens with zero attached hydrogens (tertiary/aromatic N) is 3. The molecule has 0 aromatic carbocycles. The summed E-state index contributed by atoms with van der Waals surface area (Å²) < 4.78 is 5.59. The van der Waals surface area contributed by atoms with E-state index in [4.69, 9.17) is 10.2 Å². The van der Waals surface area contributed by atoms with Crippen molar-refractivity contribution in [1.82, 2.24) is 15.3 Å². The summed E-state index contributed by atoms with van der Waals surface area (Å²) in [7, 11) is 0. The van der Waals surface area contributed by atoms with Crippen molar-refractivity contribution in [2.75, 3.05) is 24.5 Å². The van der Waals surface area contributed by atoms with Gasteiger partial charge in [0.05, 0.1) is 0 Å². The highest BCUT2D eigenvalue weighted by Gasteiger charge is 2.25. The normalized spacial score (nSPS) is 18.6. The van der Waals surface area contributed by atoms with Crippen LogP contribution < -0.4 is 16.0 Å². The van der Waals surface area contributed by atoms with Crippen molar-refractivity contribution >= 4 is 28.7 Å². The van der Waals surface area contributed by atoms with Gasteiger partial charge in [-0.3, -0.25) is 9.59 Å². The fraction of sp³-hybridized carbons (Fsp3) is 0.600. The first-order valence-electron chi connectivity index (χ1n) is 10.2. The number of furan rings is 1. The Balaban J connectivity index is 1.30. The van der Waals surface area contributed by atoms with Gasteiger partial charge in [-0.25, -0.2) is 9.97 Å². The predicted octanol–water partition coefficient (Wildman–Crippen LogP) is 2.23. The number of hydrogen-bond donors (Lipinski definition) is 2. The van der Waals surface area contributed by atoms with E-state index in [9.17, 15) is 9.59 Å². The molecule has 3 N–H and O–H groups in total. The summed E-state index contributed by atoms with van der Waals surface area (Å²) in [5.41, 5.74) is 6.41. The Kier molecular flexibility index (Phi) is 5.45. The molecular weight excluding hydrogens is 358 g/mol. The van der Waals surface area contributed by atoms with Gasteiger partial charge in [0.1, 0.15) is 11.8 Å². The average molecular weight is 385 g/mol. The van der Waals surface area contributed by atoms with Crippen molar-refractivity contribution in [2.24, 2.45) is 17.6 Å². The molecule has 0 atom stereocenters. The number of nitrogens with one attached hydrogen (secondary N) is 1. The number of anilines is 1. The zero-order chi connectivity index (χ0) is 19.5. The number of amides is 2. The number of aromatic nitrogens is 2. The van der Waals surface area contributed by atoms with Gasteiger partial charge in [-0.1, -0.05) is 12.8 Å². The van der Waals surface area contributed by atoms with Crippen molar-refractivity contribution in [2.45, 2.75) is 44.9 Å². The maximum Gasteiger partial charge on any atom is 0.284 e. The van der Waals surface area contributed by atoms with Crippen LogP contribution in [0.1, 0.15) is 55.5 Å². The van der Waals surface area contributed by atoms with Crippen molar-refractivity contribution in [1.29, 1.82) is 0 Å². The molecule has 2 fully saturated rings. The molecule has 4 rings (SSSR count). The van der Waals surface area contributed by atoms with Crippen LogP contribution in [0, 0.1) is 11.8 Å². The van der Waals surface area contributed by atoms with E-state index >= 15 is 0 Å². The average Bonchev–Trinajstić information content (AvgIpc) is 3.38. The summed E-state index contributed by atoms with van der Waals surface area (Å²) >= 11 is 0. The van der Waals surface area contributed by atoms with Gasteiger partial charge >= 0.3 is 0 Å². The number of carbonyl (C=O) groups excluding carboxylic acids is 2. The number of carbonyl (C=O) groups is 2. The minimum absolute atomic E-state index is 0.102. The zero-order valence-corrected chi connectivity index (χ0v) is 16.0.